The molecular formula is C26H29NO9S. The quantitative estimate of drug-likeness (QED) is 0.322. The largest absolute Gasteiger partial charge is 0.467 e. The van der Waals surface area contributed by atoms with Crippen molar-refractivity contribution in [3.63, 3.8) is 0 Å². The number of hydrogen-bond acceptors (Lipinski definition) is 10. The van der Waals surface area contributed by atoms with Crippen LogP contribution in [0.25, 0.3) is 0 Å². The molecule has 2 aromatic carbocycles. The molecule has 2 atom stereocenters. The van der Waals surface area contributed by atoms with Gasteiger partial charge < -0.3 is 24.3 Å². The molecule has 0 aliphatic heterocycles. The zero-order valence-corrected chi connectivity index (χ0v) is 21.8. The summed E-state index contributed by atoms with van der Waals surface area (Å²) in [5.74, 6) is -2.48. The number of methoxy groups -OCH3 is 1. The molecule has 0 unspecified atom stereocenters. The van der Waals surface area contributed by atoms with E-state index in [4.69, 9.17) is 18.9 Å². The highest BCUT2D eigenvalue weighted by Gasteiger charge is 2.29. The summed E-state index contributed by atoms with van der Waals surface area (Å²) < 4.78 is 20.2. The van der Waals surface area contributed by atoms with E-state index in [9.17, 15) is 24.0 Å². The molecule has 0 aromatic heterocycles. The molecule has 0 aliphatic carbocycles. The summed E-state index contributed by atoms with van der Waals surface area (Å²) in [4.78, 5) is 59.9. The summed E-state index contributed by atoms with van der Waals surface area (Å²) in [6.07, 6.45) is -1.40. The summed E-state index contributed by atoms with van der Waals surface area (Å²) in [5, 5.41) is 2.60. The first-order valence-electron chi connectivity index (χ1n) is 11.3. The molecule has 2 aromatic rings. The van der Waals surface area contributed by atoms with Gasteiger partial charge in [0.05, 0.1) is 7.11 Å². The number of rotatable bonds is 12. The van der Waals surface area contributed by atoms with Gasteiger partial charge in [0.2, 0.25) is 0 Å². The van der Waals surface area contributed by atoms with Gasteiger partial charge in [-0.25, -0.2) is 4.79 Å². The van der Waals surface area contributed by atoms with E-state index in [0.29, 0.717) is 11.3 Å². The average molecular weight is 532 g/mol. The first-order chi connectivity index (χ1) is 17.6. The van der Waals surface area contributed by atoms with E-state index >= 15 is 0 Å². The van der Waals surface area contributed by atoms with Gasteiger partial charge in [-0.3, -0.25) is 19.2 Å². The Bertz CT molecular complexity index is 1120. The summed E-state index contributed by atoms with van der Waals surface area (Å²) in [6.45, 7) is 3.53. The van der Waals surface area contributed by atoms with E-state index in [0.717, 1.165) is 12.5 Å². The zero-order chi connectivity index (χ0) is 27.4. The van der Waals surface area contributed by atoms with Crippen LogP contribution in [0.3, 0.4) is 0 Å². The van der Waals surface area contributed by atoms with E-state index in [1.54, 1.807) is 0 Å². The minimum Gasteiger partial charge on any atom is -0.467 e. The van der Waals surface area contributed by atoms with Crippen molar-refractivity contribution in [3.8, 4) is 11.5 Å². The number of ether oxygens (including phenoxy) is 4. The van der Waals surface area contributed by atoms with Crippen LogP contribution in [0.5, 0.6) is 11.5 Å². The SMILES string of the molecule is COC(=O)[C@H](CSCc1ccccc1)NC(=O)[C@@H](Cc1ccc(OC(C)=O)c(OC(C)=O)c1)OC(C)=O. The van der Waals surface area contributed by atoms with Crippen molar-refractivity contribution >= 4 is 41.5 Å². The maximum atomic E-state index is 13.1. The van der Waals surface area contributed by atoms with Crippen LogP contribution < -0.4 is 14.8 Å². The second-order valence-corrected chi connectivity index (χ2v) is 8.89. The number of esters is 4. The molecule has 0 spiro atoms. The molecule has 37 heavy (non-hydrogen) atoms. The van der Waals surface area contributed by atoms with Crippen LogP contribution in [0.1, 0.15) is 31.9 Å². The molecule has 0 saturated carbocycles. The third-order valence-corrected chi connectivity index (χ3v) is 5.84. The predicted octanol–water partition coefficient (Wildman–Crippen LogP) is 2.60. The number of thioether (sulfide) groups is 1. The number of benzene rings is 2. The van der Waals surface area contributed by atoms with Crippen LogP contribution in [-0.4, -0.2) is 54.8 Å². The van der Waals surface area contributed by atoms with Gasteiger partial charge in [-0.15, -0.1) is 0 Å². The van der Waals surface area contributed by atoms with Gasteiger partial charge in [-0.05, 0) is 23.3 Å². The molecule has 0 saturated heterocycles. The maximum absolute atomic E-state index is 13.1. The van der Waals surface area contributed by atoms with Crippen molar-refractivity contribution in [3.05, 3.63) is 59.7 Å². The molecule has 0 fully saturated rings. The highest BCUT2D eigenvalue weighted by Crippen LogP contribution is 2.29. The van der Waals surface area contributed by atoms with Crippen LogP contribution >= 0.6 is 11.8 Å². The number of nitrogens with one attached hydrogen (secondary N) is 1. The highest BCUT2D eigenvalue weighted by molar-refractivity contribution is 7.98. The number of carbonyl (C=O) groups excluding carboxylic acids is 5. The minimum atomic E-state index is -1.30. The lowest BCUT2D eigenvalue weighted by atomic mass is 10.1. The van der Waals surface area contributed by atoms with Crippen LogP contribution in [0.2, 0.25) is 0 Å². The van der Waals surface area contributed by atoms with Crippen molar-refractivity contribution in [1.29, 1.82) is 0 Å². The molecule has 0 heterocycles. The Morgan fingerprint density at radius 3 is 2.08 bits per heavy atom. The number of carbonyl (C=O) groups is 5. The van der Waals surface area contributed by atoms with Gasteiger partial charge in [0.1, 0.15) is 6.04 Å². The van der Waals surface area contributed by atoms with Crippen molar-refractivity contribution < 1.29 is 42.9 Å². The topological polar surface area (TPSA) is 134 Å². The third-order valence-electron chi connectivity index (χ3n) is 4.74. The second kappa shape index (κ2) is 14.6. The number of hydrogen-bond donors (Lipinski definition) is 1. The van der Waals surface area contributed by atoms with Crippen molar-refractivity contribution in [2.45, 2.75) is 45.1 Å². The molecule has 11 heteroatoms. The molecular weight excluding hydrogens is 502 g/mol. The van der Waals surface area contributed by atoms with E-state index < -0.39 is 41.9 Å². The monoisotopic (exact) mass is 531 g/mol. The first kappa shape index (κ1) is 29.4. The minimum absolute atomic E-state index is 0.0149. The van der Waals surface area contributed by atoms with Crippen LogP contribution in [0.4, 0.5) is 0 Å². The van der Waals surface area contributed by atoms with Crippen LogP contribution in [0, 0.1) is 0 Å². The van der Waals surface area contributed by atoms with Gasteiger partial charge >= 0.3 is 23.9 Å². The number of amides is 1. The summed E-state index contributed by atoms with van der Waals surface area (Å²) >= 11 is 1.43. The van der Waals surface area contributed by atoms with Crippen molar-refractivity contribution in [1.82, 2.24) is 5.32 Å². The first-order valence-corrected chi connectivity index (χ1v) is 12.4. The zero-order valence-electron chi connectivity index (χ0n) is 21.0. The summed E-state index contributed by atoms with van der Waals surface area (Å²) in [6, 6.07) is 13.0. The average Bonchev–Trinajstić information content (AvgIpc) is 2.83. The fraction of sp³-hybridized carbons (Fsp3) is 0.346. The molecule has 198 valence electrons. The molecule has 1 amide bonds. The molecule has 2 rings (SSSR count). The Hall–Kier alpha value is -3.86. The lowest BCUT2D eigenvalue weighted by Crippen LogP contribution is -2.49. The Kier molecular flexibility index (Phi) is 11.6. The normalized spacial score (nSPS) is 12.0. The van der Waals surface area contributed by atoms with Gasteiger partial charge in [0.15, 0.2) is 17.6 Å². The second-order valence-electron chi connectivity index (χ2n) is 7.86. The lowest BCUT2D eigenvalue weighted by molar-refractivity contribution is -0.155. The van der Waals surface area contributed by atoms with E-state index in [1.807, 2.05) is 30.3 Å². The van der Waals surface area contributed by atoms with Crippen LogP contribution in [0.15, 0.2) is 48.5 Å². The lowest BCUT2D eigenvalue weighted by Gasteiger charge is -2.21. The van der Waals surface area contributed by atoms with Gasteiger partial charge in [-0.1, -0.05) is 36.4 Å². The highest BCUT2D eigenvalue weighted by atomic mass is 32.2. The Balaban J connectivity index is 2.17. The molecule has 1 N–H and O–H groups in total. The predicted molar refractivity (Wildman–Crippen MR) is 135 cm³/mol. The van der Waals surface area contributed by atoms with Gasteiger partial charge in [-0.2, -0.15) is 11.8 Å². The fourth-order valence-corrected chi connectivity index (χ4v) is 4.20. The molecule has 0 radical (unpaired) electrons. The smallest absolute Gasteiger partial charge is 0.329 e. The summed E-state index contributed by atoms with van der Waals surface area (Å²) in [5.41, 5.74) is 1.50. The molecule has 10 nitrogen and oxygen atoms in total. The maximum Gasteiger partial charge on any atom is 0.329 e. The Morgan fingerprint density at radius 1 is 0.838 bits per heavy atom. The fourth-order valence-electron chi connectivity index (χ4n) is 3.20. The standard InChI is InChI=1S/C26H29NO9S/c1-16(28)34-22-11-10-20(12-23(22)35-17(2)29)13-24(36-18(3)30)25(31)27-21(26(32)33-4)15-37-14-19-8-6-5-7-9-19/h5-12,21,24H,13-15H2,1-4H3,(H,27,31)/t21-,24+/m0/s1. The van der Waals surface area contributed by atoms with Gasteiger partial charge in [0.25, 0.3) is 5.91 Å². The van der Waals surface area contributed by atoms with E-state index in [2.05, 4.69) is 5.32 Å². The van der Waals surface area contributed by atoms with Gasteiger partial charge in [0, 0.05) is 38.7 Å². The Labute approximate surface area is 219 Å². The van der Waals surface area contributed by atoms with E-state index in [-0.39, 0.29) is 23.7 Å². The van der Waals surface area contributed by atoms with Crippen molar-refractivity contribution in [2.75, 3.05) is 12.9 Å². The molecule has 0 aliphatic rings. The Morgan fingerprint density at radius 2 is 1.49 bits per heavy atom. The van der Waals surface area contributed by atoms with Crippen molar-refractivity contribution in [2.24, 2.45) is 0 Å². The molecule has 0 bridgehead atoms. The third kappa shape index (κ3) is 10.3. The van der Waals surface area contributed by atoms with Crippen LogP contribution in [-0.2, 0) is 45.6 Å². The van der Waals surface area contributed by atoms with E-state index in [1.165, 1.54) is 50.9 Å². The summed E-state index contributed by atoms with van der Waals surface area (Å²) in [7, 11) is 1.22.